The molecule has 0 unspecified atom stereocenters. The van der Waals surface area contributed by atoms with E-state index in [9.17, 15) is 4.79 Å². The third kappa shape index (κ3) is 3.49. The largest absolute Gasteiger partial charge is 0.371 e. The van der Waals surface area contributed by atoms with Crippen LogP contribution in [0.5, 0.6) is 0 Å². The SMILES string of the molecule is COC(C)(C)C(=O)c1nccn1C(c1ccccc1)(c1ccccc1)c1ccccc1. The Hall–Kier alpha value is -3.50. The van der Waals surface area contributed by atoms with Crippen LogP contribution in [0.15, 0.2) is 103 Å². The molecule has 0 aliphatic rings. The first kappa shape index (κ1) is 20.8. The minimum absolute atomic E-state index is 0.174. The smallest absolute Gasteiger partial charge is 0.229 e. The Bertz CT molecular complexity index is 1050. The summed E-state index contributed by atoms with van der Waals surface area (Å²) in [5.41, 5.74) is 1.33. The summed E-state index contributed by atoms with van der Waals surface area (Å²) in [6.45, 7) is 3.53. The highest BCUT2D eigenvalue weighted by molar-refractivity contribution is 5.99. The number of methoxy groups -OCH3 is 1. The lowest BCUT2D eigenvalue weighted by atomic mass is 9.76. The van der Waals surface area contributed by atoms with Crippen LogP contribution in [0.1, 0.15) is 41.2 Å². The zero-order chi connectivity index (χ0) is 21.9. The van der Waals surface area contributed by atoms with Gasteiger partial charge in [-0.3, -0.25) is 4.79 Å². The lowest BCUT2D eigenvalue weighted by molar-refractivity contribution is 0.0213. The van der Waals surface area contributed by atoms with E-state index in [1.807, 2.05) is 65.4 Å². The van der Waals surface area contributed by atoms with Crippen molar-refractivity contribution >= 4 is 5.78 Å². The molecule has 31 heavy (non-hydrogen) atoms. The van der Waals surface area contributed by atoms with Crippen molar-refractivity contribution in [1.29, 1.82) is 0 Å². The quantitative estimate of drug-likeness (QED) is 0.305. The molecule has 0 N–H and O–H groups in total. The number of aromatic nitrogens is 2. The van der Waals surface area contributed by atoms with Crippen molar-refractivity contribution in [3.63, 3.8) is 0 Å². The Morgan fingerprint density at radius 1 is 0.774 bits per heavy atom. The number of ketones is 1. The summed E-state index contributed by atoms with van der Waals surface area (Å²) >= 11 is 0. The molecule has 3 aromatic carbocycles. The number of hydrogen-bond acceptors (Lipinski definition) is 3. The summed E-state index contributed by atoms with van der Waals surface area (Å²) in [6.07, 6.45) is 3.56. The Morgan fingerprint density at radius 3 is 1.58 bits per heavy atom. The molecule has 0 spiro atoms. The van der Waals surface area contributed by atoms with E-state index in [1.54, 1.807) is 27.2 Å². The molecule has 0 saturated carbocycles. The minimum Gasteiger partial charge on any atom is -0.371 e. The van der Waals surface area contributed by atoms with Crippen LogP contribution in [0.25, 0.3) is 0 Å². The lowest BCUT2D eigenvalue weighted by Crippen LogP contribution is -2.43. The fraction of sp³-hybridized carbons (Fsp3) is 0.185. The van der Waals surface area contributed by atoms with Crippen LogP contribution in [0.4, 0.5) is 0 Å². The van der Waals surface area contributed by atoms with Gasteiger partial charge in [0.25, 0.3) is 0 Å². The summed E-state index contributed by atoms with van der Waals surface area (Å²) in [5.74, 6) is 0.176. The van der Waals surface area contributed by atoms with Crippen LogP contribution in [0.2, 0.25) is 0 Å². The Kier molecular flexibility index (Phi) is 5.57. The van der Waals surface area contributed by atoms with Gasteiger partial charge in [0.1, 0.15) is 11.1 Å². The van der Waals surface area contributed by atoms with Gasteiger partial charge in [-0.15, -0.1) is 0 Å². The predicted molar refractivity (Wildman–Crippen MR) is 122 cm³/mol. The highest BCUT2D eigenvalue weighted by atomic mass is 16.5. The normalized spacial score (nSPS) is 12.0. The molecule has 4 heteroatoms. The van der Waals surface area contributed by atoms with Gasteiger partial charge in [-0.1, -0.05) is 91.0 Å². The Morgan fingerprint density at radius 2 is 1.19 bits per heavy atom. The standard InChI is InChI=1S/C27H26N2O2/c1-26(2,31-3)24(30)25-28-19-20-29(25)27(21-13-7-4-8-14-21,22-15-9-5-10-16-22)23-17-11-6-12-18-23/h4-20H,1-3H3. The number of nitrogens with zero attached hydrogens (tertiary/aromatic N) is 2. The van der Waals surface area contributed by atoms with Crippen molar-refractivity contribution in [2.45, 2.75) is 25.0 Å². The van der Waals surface area contributed by atoms with Crippen LogP contribution in [-0.2, 0) is 10.3 Å². The van der Waals surface area contributed by atoms with E-state index in [4.69, 9.17) is 4.74 Å². The number of carbonyl (C=O) groups is 1. The van der Waals surface area contributed by atoms with Gasteiger partial charge in [0.05, 0.1) is 0 Å². The van der Waals surface area contributed by atoms with E-state index < -0.39 is 11.1 Å². The zero-order valence-electron chi connectivity index (χ0n) is 18.0. The molecule has 0 radical (unpaired) electrons. The van der Waals surface area contributed by atoms with Crippen molar-refractivity contribution in [3.8, 4) is 0 Å². The molecule has 0 aliphatic carbocycles. The van der Waals surface area contributed by atoms with E-state index in [1.165, 1.54) is 0 Å². The maximum atomic E-state index is 13.5. The van der Waals surface area contributed by atoms with Crippen LogP contribution < -0.4 is 0 Å². The summed E-state index contributed by atoms with van der Waals surface area (Å²) in [7, 11) is 1.55. The third-order valence-corrected chi connectivity index (χ3v) is 5.84. The van der Waals surface area contributed by atoms with E-state index in [0.29, 0.717) is 5.82 Å². The van der Waals surface area contributed by atoms with Crippen LogP contribution in [-0.4, -0.2) is 28.0 Å². The Balaban J connectivity index is 2.11. The van der Waals surface area contributed by atoms with E-state index in [2.05, 4.69) is 41.4 Å². The van der Waals surface area contributed by atoms with Gasteiger partial charge in [-0.2, -0.15) is 0 Å². The summed E-state index contributed by atoms with van der Waals surface area (Å²) in [5, 5.41) is 0. The second-order valence-corrected chi connectivity index (χ2v) is 7.97. The molecule has 0 amide bonds. The highest BCUT2D eigenvalue weighted by Crippen LogP contribution is 2.41. The average Bonchev–Trinajstić information content (AvgIpc) is 3.31. The number of rotatable bonds is 7. The van der Waals surface area contributed by atoms with Crippen LogP contribution >= 0.6 is 0 Å². The molecule has 0 saturated heterocycles. The van der Waals surface area contributed by atoms with Crippen LogP contribution in [0.3, 0.4) is 0 Å². The fourth-order valence-corrected chi connectivity index (χ4v) is 4.06. The first-order chi connectivity index (χ1) is 15.0. The number of Topliss-reactive ketones (excluding diaryl/α,β-unsaturated/α-hetero) is 1. The van der Waals surface area contributed by atoms with Gasteiger partial charge in [0.15, 0.2) is 5.82 Å². The van der Waals surface area contributed by atoms with Crippen LogP contribution in [0, 0.1) is 0 Å². The van der Waals surface area contributed by atoms with E-state index >= 15 is 0 Å². The van der Waals surface area contributed by atoms with Gasteiger partial charge in [0.2, 0.25) is 5.78 Å². The van der Waals surface area contributed by atoms with Gasteiger partial charge < -0.3 is 9.30 Å². The number of carbonyl (C=O) groups excluding carboxylic acids is 1. The molecule has 1 aromatic heterocycles. The lowest BCUT2D eigenvalue weighted by Gasteiger charge is -2.39. The van der Waals surface area contributed by atoms with Crippen molar-refractivity contribution in [1.82, 2.24) is 9.55 Å². The molecule has 0 atom stereocenters. The van der Waals surface area contributed by atoms with Gasteiger partial charge in [-0.25, -0.2) is 4.98 Å². The molecular formula is C27H26N2O2. The van der Waals surface area contributed by atoms with Crippen molar-refractivity contribution in [2.24, 2.45) is 0 Å². The van der Waals surface area contributed by atoms with Gasteiger partial charge >= 0.3 is 0 Å². The zero-order valence-corrected chi connectivity index (χ0v) is 18.0. The van der Waals surface area contributed by atoms with E-state index in [0.717, 1.165) is 16.7 Å². The van der Waals surface area contributed by atoms with Gasteiger partial charge in [-0.05, 0) is 30.5 Å². The maximum absolute atomic E-state index is 13.5. The Labute approximate surface area is 183 Å². The third-order valence-electron chi connectivity index (χ3n) is 5.84. The second-order valence-electron chi connectivity index (χ2n) is 7.97. The summed E-state index contributed by atoms with van der Waals surface area (Å²) in [4.78, 5) is 18.0. The maximum Gasteiger partial charge on any atom is 0.229 e. The molecule has 1 heterocycles. The highest BCUT2D eigenvalue weighted by Gasteiger charge is 2.42. The van der Waals surface area contributed by atoms with Crippen molar-refractivity contribution < 1.29 is 9.53 Å². The van der Waals surface area contributed by atoms with E-state index in [-0.39, 0.29) is 5.78 Å². The second kappa shape index (κ2) is 8.32. The molecule has 156 valence electrons. The number of imidazole rings is 1. The molecule has 4 nitrogen and oxygen atoms in total. The molecule has 0 bridgehead atoms. The molecule has 0 fully saturated rings. The van der Waals surface area contributed by atoms with Gasteiger partial charge in [0, 0.05) is 19.5 Å². The molecular weight excluding hydrogens is 384 g/mol. The monoisotopic (exact) mass is 410 g/mol. The molecule has 0 aliphatic heterocycles. The number of hydrogen-bond donors (Lipinski definition) is 0. The minimum atomic E-state index is -1.00. The van der Waals surface area contributed by atoms with Crippen molar-refractivity contribution in [3.05, 3.63) is 126 Å². The van der Waals surface area contributed by atoms with Crippen molar-refractivity contribution in [2.75, 3.05) is 7.11 Å². The summed E-state index contributed by atoms with van der Waals surface area (Å²) < 4.78 is 7.49. The number of benzene rings is 3. The first-order valence-corrected chi connectivity index (χ1v) is 10.3. The molecule has 4 aromatic rings. The average molecular weight is 411 g/mol. The fourth-order valence-electron chi connectivity index (χ4n) is 4.06. The topological polar surface area (TPSA) is 44.1 Å². The first-order valence-electron chi connectivity index (χ1n) is 10.3. The number of ether oxygens (including phenoxy) is 1. The molecule has 4 rings (SSSR count). The summed E-state index contributed by atoms with van der Waals surface area (Å²) in [6, 6.07) is 30.7. The predicted octanol–water partition coefficient (Wildman–Crippen LogP) is 5.33.